The minimum absolute atomic E-state index is 0.287. The fourth-order valence-corrected chi connectivity index (χ4v) is 1.18. The molecule has 1 rings (SSSR count). The van der Waals surface area contributed by atoms with E-state index in [1.54, 1.807) is 24.3 Å². The van der Waals surface area contributed by atoms with Crippen LogP contribution in [0.3, 0.4) is 0 Å². The summed E-state index contributed by atoms with van der Waals surface area (Å²) in [6.07, 6.45) is 0.0133. The molecule has 0 unspecified atom stereocenters. The predicted octanol–water partition coefficient (Wildman–Crippen LogP) is 3.42. The topological polar surface area (TPSA) is 64.6 Å². The number of carbonyl (C=O) groups is 2. The molecule has 1 amide bonds. The van der Waals surface area contributed by atoms with Gasteiger partial charge in [0.25, 0.3) is 0 Å². The molecule has 0 radical (unpaired) electrons. The third kappa shape index (κ3) is 4.48. The number of carbonyl (C=O) groups excluding carboxylic acids is 2. The highest BCUT2D eigenvalue weighted by Crippen LogP contribution is 2.24. The van der Waals surface area contributed by atoms with Gasteiger partial charge in [-0.2, -0.15) is 0 Å². The Morgan fingerprint density at radius 1 is 1.26 bits per heavy atom. The summed E-state index contributed by atoms with van der Waals surface area (Å²) in [6, 6.07) is 6.40. The SMILES string of the molecule is CCC(C)(C)C(=O)Oc1ccc(NC(=O)OS)cc1. The first-order chi connectivity index (χ1) is 8.89. The molecule has 1 aromatic rings. The maximum absolute atomic E-state index is 11.9. The molecule has 1 N–H and O–H groups in total. The van der Waals surface area contributed by atoms with Crippen LogP contribution in [0.25, 0.3) is 0 Å². The van der Waals surface area contributed by atoms with E-state index in [0.717, 1.165) is 0 Å². The van der Waals surface area contributed by atoms with Gasteiger partial charge in [-0.25, -0.2) is 4.79 Å². The van der Waals surface area contributed by atoms with E-state index in [9.17, 15) is 9.59 Å². The second-order valence-corrected chi connectivity index (χ2v) is 4.84. The van der Waals surface area contributed by atoms with E-state index in [0.29, 0.717) is 17.9 Å². The molecule has 1 aromatic carbocycles. The van der Waals surface area contributed by atoms with Crippen molar-refractivity contribution >= 4 is 30.7 Å². The Bertz CT molecular complexity index is 456. The van der Waals surface area contributed by atoms with Gasteiger partial charge in [0, 0.05) is 18.6 Å². The van der Waals surface area contributed by atoms with E-state index in [4.69, 9.17) is 4.74 Å². The van der Waals surface area contributed by atoms with Crippen LogP contribution < -0.4 is 10.1 Å². The summed E-state index contributed by atoms with van der Waals surface area (Å²) in [7, 11) is 0. The number of benzene rings is 1. The van der Waals surface area contributed by atoms with Crippen molar-refractivity contribution in [2.24, 2.45) is 5.41 Å². The monoisotopic (exact) mass is 283 g/mol. The van der Waals surface area contributed by atoms with E-state index in [1.165, 1.54) is 0 Å². The van der Waals surface area contributed by atoms with Gasteiger partial charge in [0.15, 0.2) is 0 Å². The van der Waals surface area contributed by atoms with Gasteiger partial charge in [-0.15, -0.1) is 0 Å². The number of anilines is 1. The van der Waals surface area contributed by atoms with Gasteiger partial charge in [-0.1, -0.05) is 6.92 Å². The fraction of sp³-hybridized carbons (Fsp3) is 0.385. The third-order valence-corrected chi connectivity index (χ3v) is 3.00. The molecule has 104 valence electrons. The summed E-state index contributed by atoms with van der Waals surface area (Å²) < 4.78 is 9.43. The lowest BCUT2D eigenvalue weighted by atomic mass is 9.91. The summed E-state index contributed by atoms with van der Waals surface area (Å²) in [6.45, 7) is 5.58. The normalized spacial score (nSPS) is 10.7. The van der Waals surface area contributed by atoms with E-state index < -0.39 is 11.5 Å². The molecule has 0 spiro atoms. The average Bonchev–Trinajstić information content (AvgIpc) is 2.40. The largest absolute Gasteiger partial charge is 0.426 e. The predicted molar refractivity (Wildman–Crippen MR) is 75.2 cm³/mol. The van der Waals surface area contributed by atoms with Crippen LogP contribution in [0, 0.1) is 5.41 Å². The Balaban J connectivity index is 2.67. The van der Waals surface area contributed by atoms with Crippen LogP contribution in [0.15, 0.2) is 24.3 Å². The number of esters is 1. The highest BCUT2D eigenvalue weighted by Gasteiger charge is 2.27. The second-order valence-electron chi connectivity index (χ2n) is 4.66. The Hall–Kier alpha value is -1.69. The van der Waals surface area contributed by atoms with Crippen molar-refractivity contribution in [1.29, 1.82) is 0 Å². The molecule has 0 aromatic heterocycles. The number of nitrogens with one attached hydrogen (secondary N) is 1. The van der Waals surface area contributed by atoms with Gasteiger partial charge in [0.1, 0.15) is 5.75 Å². The lowest BCUT2D eigenvalue weighted by Crippen LogP contribution is -2.28. The number of rotatable bonds is 4. The first-order valence-electron chi connectivity index (χ1n) is 5.84. The van der Waals surface area contributed by atoms with Gasteiger partial charge >= 0.3 is 12.1 Å². The maximum atomic E-state index is 11.9. The molecule has 0 fully saturated rings. The molecule has 0 saturated heterocycles. The molecule has 0 bridgehead atoms. The fourth-order valence-electron chi connectivity index (χ4n) is 1.14. The van der Waals surface area contributed by atoms with Crippen molar-refractivity contribution in [3.05, 3.63) is 24.3 Å². The van der Waals surface area contributed by atoms with E-state index in [2.05, 4.69) is 22.4 Å². The number of ether oxygens (including phenoxy) is 1. The highest BCUT2D eigenvalue weighted by atomic mass is 32.1. The minimum Gasteiger partial charge on any atom is -0.426 e. The number of hydrogen-bond donors (Lipinski definition) is 2. The zero-order valence-corrected chi connectivity index (χ0v) is 12.0. The van der Waals surface area contributed by atoms with Crippen molar-refractivity contribution < 1.29 is 18.5 Å². The molecular weight excluding hydrogens is 266 g/mol. The number of thiol groups is 1. The standard InChI is InChI=1S/C13H17NO4S/c1-4-13(2,3)11(15)17-10-7-5-9(6-8-10)14-12(16)18-19/h5-8,19H,4H2,1-3H3,(H,14,16). The van der Waals surface area contributed by atoms with Gasteiger partial charge in [0.2, 0.25) is 0 Å². The summed E-state index contributed by atoms with van der Waals surface area (Å²) in [5.74, 6) is 0.141. The summed E-state index contributed by atoms with van der Waals surface area (Å²) in [4.78, 5) is 22.8. The van der Waals surface area contributed by atoms with Crippen molar-refractivity contribution in [2.75, 3.05) is 5.32 Å². The highest BCUT2D eigenvalue weighted by molar-refractivity contribution is 7.75. The van der Waals surface area contributed by atoms with Crippen LogP contribution in [0.1, 0.15) is 27.2 Å². The molecule has 0 heterocycles. The molecule has 6 heteroatoms. The van der Waals surface area contributed by atoms with Gasteiger partial charge in [-0.05, 0) is 44.5 Å². The summed E-state index contributed by atoms with van der Waals surface area (Å²) in [5, 5.41) is 2.44. The van der Waals surface area contributed by atoms with Gasteiger partial charge in [-0.3, -0.25) is 10.1 Å². The smallest absolute Gasteiger partial charge is 0.423 e. The number of hydrogen-bond acceptors (Lipinski definition) is 5. The average molecular weight is 283 g/mol. The van der Waals surface area contributed by atoms with Crippen LogP contribution >= 0.6 is 12.9 Å². The maximum Gasteiger partial charge on any atom is 0.423 e. The van der Waals surface area contributed by atoms with Gasteiger partial charge in [0.05, 0.1) is 5.41 Å². The molecule has 0 saturated carbocycles. The first kappa shape index (κ1) is 15.4. The Kier molecular flexibility index (Phi) is 5.23. The van der Waals surface area contributed by atoms with Crippen molar-refractivity contribution in [3.8, 4) is 5.75 Å². The van der Waals surface area contributed by atoms with Gasteiger partial charge < -0.3 is 8.92 Å². The van der Waals surface area contributed by atoms with Crippen molar-refractivity contribution in [2.45, 2.75) is 27.2 Å². The Labute approximate surface area is 117 Å². The summed E-state index contributed by atoms with van der Waals surface area (Å²) >= 11 is 3.37. The quantitative estimate of drug-likeness (QED) is 0.384. The molecular formula is C13H17NO4S. The van der Waals surface area contributed by atoms with Crippen LogP contribution in [0.5, 0.6) is 5.75 Å². The van der Waals surface area contributed by atoms with E-state index in [1.807, 2.05) is 20.8 Å². The molecule has 5 nitrogen and oxygen atoms in total. The van der Waals surface area contributed by atoms with E-state index in [-0.39, 0.29) is 5.97 Å². The third-order valence-electron chi connectivity index (χ3n) is 2.83. The van der Waals surface area contributed by atoms with Crippen LogP contribution in [-0.4, -0.2) is 12.1 Å². The molecule has 0 aliphatic carbocycles. The minimum atomic E-state index is -0.680. The van der Waals surface area contributed by atoms with Crippen LogP contribution in [-0.2, 0) is 8.98 Å². The number of amides is 1. The zero-order chi connectivity index (χ0) is 14.5. The van der Waals surface area contributed by atoms with Crippen molar-refractivity contribution in [3.63, 3.8) is 0 Å². The van der Waals surface area contributed by atoms with Crippen molar-refractivity contribution in [1.82, 2.24) is 0 Å². The lowest BCUT2D eigenvalue weighted by molar-refractivity contribution is -0.144. The van der Waals surface area contributed by atoms with Crippen LogP contribution in [0.4, 0.5) is 10.5 Å². The Morgan fingerprint density at radius 3 is 2.32 bits per heavy atom. The molecule has 0 atom stereocenters. The second kappa shape index (κ2) is 6.47. The van der Waals surface area contributed by atoms with E-state index >= 15 is 0 Å². The molecule has 0 aliphatic rings. The molecule has 19 heavy (non-hydrogen) atoms. The Morgan fingerprint density at radius 2 is 1.84 bits per heavy atom. The van der Waals surface area contributed by atoms with Crippen LogP contribution in [0.2, 0.25) is 0 Å². The summed E-state index contributed by atoms with van der Waals surface area (Å²) in [5.41, 5.74) is 0.000777. The molecule has 0 aliphatic heterocycles. The lowest BCUT2D eigenvalue weighted by Gasteiger charge is -2.20. The first-order valence-corrected chi connectivity index (χ1v) is 6.20. The zero-order valence-electron chi connectivity index (χ0n) is 11.1.